The molecule has 0 saturated heterocycles. The molecule has 2 heterocycles. The number of fused-ring (bicyclic) bond motifs is 2. The van der Waals surface area contributed by atoms with E-state index in [0.717, 1.165) is 46.6 Å². The summed E-state index contributed by atoms with van der Waals surface area (Å²) >= 11 is 0. The Morgan fingerprint density at radius 3 is 2.48 bits per heavy atom. The van der Waals surface area contributed by atoms with Crippen molar-refractivity contribution in [2.45, 2.75) is 46.3 Å². The van der Waals surface area contributed by atoms with Gasteiger partial charge < -0.3 is 19.7 Å². The first-order chi connectivity index (χ1) is 11.8. The third-order valence-electron chi connectivity index (χ3n) is 5.80. The summed E-state index contributed by atoms with van der Waals surface area (Å²) in [5.41, 5.74) is 3.88. The van der Waals surface area contributed by atoms with Crippen molar-refractivity contribution in [2.75, 3.05) is 0 Å². The Morgan fingerprint density at radius 1 is 1.00 bits per heavy atom. The van der Waals surface area contributed by atoms with Crippen LogP contribution in [-0.4, -0.2) is 16.0 Å². The van der Waals surface area contributed by atoms with Gasteiger partial charge in [0.25, 0.3) is 5.79 Å². The molecule has 0 saturated carbocycles. The Balaban J connectivity index is 1.80. The summed E-state index contributed by atoms with van der Waals surface area (Å²) in [6.45, 7) is 8.15. The average molecular weight is 340 g/mol. The molecule has 0 fully saturated rings. The third kappa shape index (κ3) is 2.27. The van der Waals surface area contributed by atoms with Crippen LogP contribution in [-0.2, 0) is 12.8 Å². The molecule has 2 aliphatic rings. The molecule has 0 aliphatic carbocycles. The molecule has 2 aromatic rings. The fraction of sp³-hybridized carbons (Fsp3) is 0.429. The smallest absolute Gasteiger partial charge is 0.256 e. The lowest BCUT2D eigenvalue weighted by Crippen LogP contribution is -2.58. The van der Waals surface area contributed by atoms with Crippen LogP contribution in [0.5, 0.6) is 23.0 Å². The van der Waals surface area contributed by atoms with Crippen molar-refractivity contribution in [1.82, 2.24) is 0 Å². The van der Waals surface area contributed by atoms with Gasteiger partial charge in [0.1, 0.15) is 23.0 Å². The van der Waals surface area contributed by atoms with Crippen LogP contribution in [0.25, 0.3) is 0 Å². The monoisotopic (exact) mass is 340 g/mol. The van der Waals surface area contributed by atoms with Crippen molar-refractivity contribution in [3.63, 3.8) is 0 Å². The Labute approximate surface area is 148 Å². The fourth-order valence-corrected chi connectivity index (χ4v) is 4.35. The predicted octanol–water partition coefficient (Wildman–Crippen LogP) is 4.25. The van der Waals surface area contributed by atoms with Gasteiger partial charge in [-0.2, -0.15) is 0 Å². The first kappa shape index (κ1) is 16.1. The highest BCUT2D eigenvalue weighted by atomic mass is 16.7. The van der Waals surface area contributed by atoms with Gasteiger partial charge in [0.05, 0.1) is 0 Å². The Morgan fingerprint density at radius 2 is 1.72 bits per heavy atom. The van der Waals surface area contributed by atoms with Crippen LogP contribution >= 0.6 is 0 Å². The lowest BCUT2D eigenvalue weighted by molar-refractivity contribution is -0.202. The van der Waals surface area contributed by atoms with Gasteiger partial charge in [-0.1, -0.05) is 13.8 Å². The summed E-state index contributed by atoms with van der Waals surface area (Å²) in [5.74, 6) is 1.74. The highest BCUT2D eigenvalue weighted by molar-refractivity contribution is 5.51. The SMILES string of the molecule is Cc1cc(O)cc2c1OC1(Oc3ccc(O)c(C)c3CC1C)C(C)C2. The number of ether oxygens (including phenoxy) is 2. The second-order valence-corrected chi connectivity index (χ2v) is 7.57. The van der Waals surface area contributed by atoms with E-state index < -0.39 is 5.79 Å². The Bertz CT molecular complexity index is 857. The number of hydrogen-bond acceptors (Lipinski definition) is 4. The van der Waals surface area contributed by atoms with Gasteiger partial charge in [-0.25, -0.2) is 0 Å². The number of rotatable bonds is 0. The molecule has 4 heteroatoms. The van der Waals surface area contributed by atoms with E-state index in [1.54, 1.807) is 18.2 Å². The second kappa shape index (κ2) is 5.32. The Hall–Kier alpha value is -2.36. The maximum Gasteiger partial charge on any atom is 0.256 e. The maximum atomic E-state index is 10.00. The molecule has 2 aromatic carbocycles. The molecule has 25 heavy (non-hydrogen) atoms. The van der Waals surface area contributed by atoms with Gasteiger partial charge in [0.15, 0.2) is 0 Å². The van der Waals surface area contributed by atoms with Gasteiger partial charge >= 0.3 is 0 Å². The van der Waals surface area contributed by atoms with E-state index in [0.29, 0.717) is 5.75 Å². The largest absolute Gasteiger partial charge is 0.508 e. The highest BCUT2D eigenvalue weighted by Crippen LogP contribution is 2.49. The summed E-state index contributed by atoms with van der Waals surface area (Å²) in [4.78, 5) is 0. The van der Waals surface area contributed by atoms with E-state index in [1.807, 2.05) is 19.9 Å². The molecule has 132 valence electrons. The lowest BCUT2D eigenvalue weighted by Gasteiger charge is -2.49. The normalized spacial score (nSPS) is 27.2. The summed E-state index contributed by atoms with van der Waals surface area (Å²) in [5, 5.41) is 19.9. The zero-order valence-corrected chi connectivity index (χ0v) is 15.1. The first-order valence-electron chi connectivity index (χ1n) is 8.83. The number of hydrogen-bond donors (Lipinski definition) is 2. The molecule has 1 spiro atoms. The van der Waals surface area contributed by atoms with Crippen LogP contribution in [0, 0.1) is 25.7 Å². The standard InChI is InChI=1S/C21H24O4/c1-11-7-16(22)10-15-8-12(2)21(25-20(11)15)13(3)9-17-14(4)18(23)5-6-19(17)24-21/h5-7,10,12-13,22-23H,8-9H2,1-4H3. The summed E-state index contributed by atoms with van der Waals surface area (Å²) < 4.78 is 13.0. The first-order valence-corrected chi connectivity index (χ1v) is 8.83. The van der Waals surface area contributed by atoms with Gasteiger partial charge in [0, 0.05) is 17.4 Å². The quantitative estimate of drug-likeness (QED) is 0.752. The van der Waals surface area contributed by atoms with E-state index in [-0.39, 0.29) is 17.6 Å². The van der Waals surface area contributed by atoms with Crippen molar-refractivity contribution in [1.29, 1.82) is 0 Å². The molecule has 3 atom stereocenters. The average Bonchev–Trinajstić information content (AvgIpc) is 2.55. The number of benzene rings is 2. The van der Waals surface area contributed by atoms with Gasteiger partial charge in [0.2, 0.25) is 0 Å². The van der Waals surface area contributed by atoms with E-state index in [1.165, 1.54) is 0 Å². The van der Waals surface area contributed by atoms with Crippen LogP contribution in [0.3, 0.4) is 0 Å². The number of phenols is 2. The van der Waals surface area contributed by atoms with Gasteiger partial charge in [-0.15, -0.1) is 0 Å². The van der Waals surface area contributed by atoms with Crippen LogP contribution in [0.2, 0.25) is 0 Å². The maximum absolute atomic E-state index is 10.00. The zero-order valence-electron chi connectivity index (χ0n) is 15.1. The molecule has 3 unspecified atom stereocenters. The van der Waals surface area contributed by atoms with Crippen LogP contribution in [0.4, 0.5) is 0 Å². The molecule has 0 bridgehead atoms. The molecule has 0 aromatic heterocycles. The second-order valence-electron chi connectivity index (χ2n) is 7.57. The van der Waals surface area contributed by atoms with Crippen molar-refractivity contribution in [3.05, 3.63) is 46.5 Å². The molecule has 4 nitrogen and oxygen atoms in total. The van der Waals surface area contributed by atoms with Crippen LogP contribution in [0.15, 0.2) is 24.3 Å². The van der Waals surface area contributed by atoms with Crippen molar-refractivity contribution in [3.8, 4) is 23.0 Å². The minimum atomic E-state index is -0.731. The van der Waals surface area contributed by atoms with Gasteiger partial charge in [-0.05, 0) is 67.6 Å². The third-order valence-corrected chi connectivity index (χ3v) is 5.80. The molecule has 0 radical (unpaired) electrons. The van der Waals surface area contributed by atoms with E-state index in [4.69, 9.17) is 9.47 Å². The Kier molecular flexibility index (Phi) is 3.43. The summed E-state index contributed by atoms with van der Waals surface area (Å²) in [6.07, 6.45) is 1.59. The topological polar surface area (TPSA) is 58.9 Å². The van der Waals surface area contributed by atoms with Crippen LogP contribution < -0.4 is 9.47 Å². The van der Waals surface area contributed by atoms with E-state index in [2.05, 4.69) is 13.8 Å². The molecule has 0 amide bonds. The van der Waals surface area contributed by atoms with E-state index >= 15 is 0 Å². The molecule has 4 rings (SSSR count). The molecule has 2 aliphatic heterocycles. The number of aryl methyl sites for hydroxylation is 1. The molecular weight excluding hydrogens is 316 g/mol. The number of phenolic OH excluding ortho intramolecular Hbond substituents is 2. The van der Waals surface area contributed by atoms with Gasteiger partial charge in [-0.3, -0.25) is 0 Å². The summed E-state index contributed by atoms with van der Waals surface area (Å²) in [7, 11) is 0. The van der Waals surface area contributed by atoms with E-state index in [9.17, 15) is 10.2 Å². The lowest BCUT2D eigenvalue weighted by atomic mass is 9.77. The molecule has 2 N–H and O–H groups in total. The minimum absolute atomic E-state index is 0.136. The highest BCUT2D eigenvalue weighted by Gasteiger charge is 2.52. The summed E-state index contributed by atoms with van der Waals surface area (Å²) in [6, 6.07) is 7.03. The van der Waals surface area contributed by atoms with Crippen molar-refractivity contribution < 1.29 is 19.7 Å². The van der Waals surface area contributed by atoms with Crippen molar-refractivity contribution in [2.24, 2.45) is 11.8 Å². The zero-order chi connectivity index (χ0) is 17.9. The fourth-order valence-electron chi connectivity index (χ4n) is 4.35. The van der Waals surface area contributed by atoms with Crippen LogP contribution in [0.1, 0.15) is 36.1 Å². The number of aromatic hydroxyl groups is 2. The molecular formula is C21H24O4. The predicted molar refractivity (Wildman–Crippen MR) is 95.4 cm³/mol. The minimum Gasteiger partial charge on any atom is -0.508 e. The van der Waals surface area contributed by atoms with Crippen molar-refractivity contribution >= 4 is 0 Å².